The summed E-state index contributed by atoms with van der Waals surface area (Å²) in [5, 5.41) is 11.5. The van der Waals surface area contributed by atoms with Crippen molar-refractivity contribution in [2.24, 2.45) is 5.41 Å². The molecule has 0 aliphatic carbocycles. The van der Waals surface area contributed by atoms with Crippen LogP contribution in [0.4, 0.5) is 0 Å². The third-order valence-electron chi connectivity index (χ3n) is 3.21. The third-order valence-corrected chi connectivity index (χ3v) is 5.12. The van der Waals surface area contributed by atoms with E-state index in [4.69, 9.17) is 5.11 Å². The van der Waals surface area contributed by atoms with Crippen LogP contribution in [0.2, 0.25) is 0 Å². The van der Waals surface area contributed by atoms with Gasteiger partial charge in [-0.3, -0.25) is 9.59 Å². The highest BCUT2D eigenvalue weighted by molar-refractivity contribution is 7.91. The minimum Gasteiger partial charge on any atom is -0.481 e. The number of carboxylic acids is 1. The largest absolute Gasteiger partial charge is 0.481 e. The summed E-state index contributed by atoms with van der Waals surface area (Å²) >= 11 is 0. The predicted molar refractivity (Wildman–Crippen MR) is 70.5 cm³/mol. The average molecular weight is 291 g/mol. The van der Waals surface area contributed by atoms with Crippen LogP contribution in [0.25, 0.3) is 0 Å². The van der Waals surface area contributed by atoms with Crippen LogP contribution in [-0.2, 0) is 19.4 Å². The molecule has 1 heterocycles. The van der Waals surface area contributed by atoms with E-state index in [9.17, 15) is 18.0 Å². The standard InChI is InChI=1S/C12H21NO5S/c1-11(2,7-10(15)16)6-9(14)13-12(3)4-5-19(17,18)8-12/h4-8H2,1-3H3,(H,13,14)(H,15,16). The molecule has 1 aliphatic heterocycles. The second-order valence-electron chi connectivity index (χ2n) is 6.36. The van der Waals surface area contributed by atoms with Gasteiger partial charge in [0.2, 0.25) is 5.91 Å². The minimum atomic E-state index is -3.07. The van der Waals surface area contributed by atoms with Crippen LogP contribution < -0.4 is 5.32 Å². The van der Waals surface area contributed by atoms with Crippen molar-refractivity contribution in [1.82, 2.24) is 5.32 Å². The Hall–Kier alpha value is -1.11. The number of nitrogens with one attached hydrogen (secondary N) is 1. The van der Waals surface area contributed by atoms with E-state index in [1.165, 1.54) is 0 Å². The summed E-state index contributed by atoms with van der Waals surface area (Å²) in [5.41, 5.74) is -1.38. The van der Waals surface area contributed by atoms with Gasteiger partial charge in [-0.05, 0) is 18.8 Å². The van der Waals surface area contributed by atoms with E-state index in [1.807, 2.05) is 0 Å². The number of carbonyl (C=O) groups excluding carboxylic acids is 1. The molecule has 0 radical (unpaired) electrons. The molecule has 0 saturated carbocycles. The first-order valence-corrected chi connectivity index (χ1v) is 7.99. The van der Waals surface area contributed by atoms with Gasteiger partial charge in [0, 0.05) is 6.42 Å². The van der Waals surface area contributed by atoms with E-state index in [-0.39, 0.29) is 30.3 Å². The maximum Gasteiger partial charge on any atom is 0.303 e. The molecule has 0 aromatic carbocycles. The maximum atomic E-state index is 11.9. The number of sulfone groups is 1. The Kier molecular flexibility index (Phi) is 4.29. The molecule has 110 valence electrons. The van der Waals surface area contributed by atoms with Gasteiger partial charge in [0.05, 0.1) is 23.5 Å². The Morgan fingerprint density at radius 2 is 1.89 bits per heavy atom. The number of hydrogen-bond donors (Lipinski definition) is 2. The molecule has 1 aliphatic rings. The Bertz CT molecular complexity index is 482. The fourth-order valence-corrected chi connectivity index (χ4v) is 4.49. The van der Waals surface area contributed by atoms with Gasteiger partial charge in [-0.2, -0.15) is 0 Å². The quantitative estimate of drug-likeness (QED) is 0.771. The Balaban J connectivity index is 2.59. The number of carbonyl (C=O) groups is 2. The molecule has 0 bridgehead atoms. The highest BCUT2D eigenvalue weighted by Gasteiger charge is 2.40. The van der Waals surface area contributed by atoms with Crippen LogP contribution in [-0.4, -0.2) is 42.4 Å². The molecule has 2 N–H and O–H groups in total. The number of hydrogen-bond acceptors (Lipinski definition) is 4. The highest BCUT2D eigenvalue weighted by atomic mass is 32.2. The first-order valence-electron chi connectivity index (χ1n) is 6.16. The van der Waals surface area contributed by atoms with Crippen LogP contribution in [0, 0.1) is 5.41 Å². The van der Waals surface area contributed by atoms with Crippen LogP contribution in [0.5, 0.6) is 0 Å². The SMILES string of the molecule is CC(C)(CC(=O)O)CC(=O)NC1(C)CCS(=O)(=O)C1. The fourth-order valence-electron chi connectivity index (χ4n) is 2.40. The van der Waals surface area contributed by atoms with E-state index in [1.54, 1.807) is 20.8 Å². The molecule has 1 amide bonds. The monoisotopic (exact) mass is 291 g/mol. The van der Waals surface area contributed by atoms with Gasteiger partial charge in [-0.25, -0.2) is 8.42 Å². The van der Waals surface area contributed by atoms with Crippen LogP contribution >= 0.6 is 0 Å². The van der Waals surface area contributed by atoms with Gasteiger partial charge in [-0.15, -0.1) is 0 Å². The molecule has 0 aromatic heterocycles. The molecule has 1 rings (SSSR count). The smallest absolute Gasteiger partial charge is 0.303 e. The number of amides is 1. The predicted octanol–water partition coefficient (Wildman–Crippen LogP) is 0.571. The zero-order valence-electron chi connectivity index (χ0n) is 11.5. The summed E-state index contributed by atoms with van der Waals surface area (Å²) in [6.07, 6.45) is 0.366. The second kappa shape index (κ2) is 5.11. The molecule has 0 aromatic rings. The minimum absolute atomic E-state index is 0.0505. The first-order chi connectivity index (χ1) is 8.43. The van der Waals surface area contributed by atoms with Crippen LogP contribution in [0.3, 0.4) is 0 Å². The molecule has 7 heteroatoms. The molecule has 0 spiro atoms. The van der Waals surface area contributed by atoms with Crippen molar-refractivity contribution in [3.05, 3.63) is 0 Å². The molecule has 1 unspecified atom stereocenters. The van der Waals surface area contributed by atoms with Gasteiger partial charge < -0.3 is 10.4 Å². The summed E-state index contributed by atoms with van der Waals surface area (Å²) in [5.74, 6) is -1.22. The first kappa shape index (κ1) is 15.9. The second-order valence-corrected chi connectivity index (χ2v) is 8.55. The Morgan fingerprint density at radius 1 is 1.32 bits per heavy atom. The van der Waals surface area contributed by atoms with Crippen molar-refractivity contribution >= 4 is 21.7 Å². The molecule has 19 heavy (non-hydrogen) atoms. The van der Waals surface area contributed by atoms with E-state index in [0.717, 1.165) is 0 Å². The fraction of sp³-hybridized carbons (Fsp3) is 0.833. The summed E-state index contributed by atoms with van der Waals surface area (Å²) in [6, 6.07) is 0. The van der Waals surface area contributed by atoms with Crippen molar-refractivity contribution in [3.63, 3.8) is 0 Å². The summed E-state index contributed by atoms with van der Waals surface area (Å²) in [7, 11) is -3.07. The Morgan fingerprint density at radius 3 is 2.32 bits per heavy atom. The van der Waals surface area contributed by atoms with Gasteiger partial charge in [0.25, 0.3) is 0 Å². The molecular formula is C12H21NO5S. The van der Waals surface area contributed by atoms with Crippen molar-refractivity contribution in [3.8, 4) is 0 Å². The van der Waals surface area contributed by atoms with Gasteiger partial charge in [0.15, 0.2) is 9.84 Å². The summed E-state index contributed by atoms with van der Waals surface area (Å²) < 4.78 is 22.9. The van der Waals surface area contributed by atoms with Crippen molar-refractivity contribution < 1.29 is 23.1 Å². The van der Waals surface area contributed by atoms with Crippen LogP contribution in [0.1, 0.15) is 40.0 Å². The van der Waals surface area contributed by atoms with E-state index in [2.05, 4.69) is 5.32 Å². The zero-order valence-corrected chi connectivity index (χ0v) is 12.3. The topological polar surface area (TPSA) is 101 Å². The summed E-state index contributed by atoms with van der Waals surface area (Å²) in [4.78, 5) is 22.6. The van der Waals surface area contributed by atoms with E-state index in [0.29, 0.717) is 6.42 Å². The highest BCUT2D eigenvalue weighted by Crippen LogP contribution is 2.27. The van der Waals surface area contributed by atoms with Crippen LogP contribution in [0.15, 0.2) is 0 Å². The lowest BCUT2D eigenvalue weighted by Crippen LogP contribution is -2.48. The van der Waals surface area contributed by atoms with Gasteiger partial charge in [0.1, 0.15) is 0 Å². The van der Waals surface area contributed by atoms with Crippen molar-refractivity contribution in [2.75, 3.05) is 11.5 Å². The van der Waals surface area contributed by atoms with Crippen molar-refractivity contribution in [2.45, 2.75) is 45.6 Å². The summed E-state index contributed by atoms with van der Waals surface area (Å²) in [6.45, 7) is 5.11. The lowest BCUT2D eigenvalue weighted by molar-refractivity contribution is -0.139. The normalized spacial score (nSPS) is 26.1. The van der Waals surface area contributed by atoms with E-state index >= 15 is 0 Å². The molecule has 1 fully saturated rings. The Labute approximate surface area is 113 Å². The molecule has 1 saturated heterocycles. The molecule has 6 nitrogen and oxygen atoms in total. The van der Waals surface area contributed by atoms with Crippen molar-refractivity contribution in [1.29, 1.82) is 0 Å². The maximum absolute atomic E-state index is 11.9. The molecule has 1 atom stereocenters. The van der Waals surface area contributed by atoms with Gasteiger partial charge in [-0.1, -0.05) is 13.8 Å². The number of aliphatic carboxylic acids is 1. The van der Waals surface area contributed by atoms with Gasteiger partial charge >= 0.3 is 5.97 Å². The average Bonchev–Trinajstić information content (AvgIpc) is 2.35. The number of carboxylic acid groups (broad SMARTS) is 1. The lowest BCUT2D eigenvalue weighted by atomic mass is 9.85. The molecular weight excluding hydrogens is 270 g/mol. The third kappa shape index (κ3) is 5.18. The van der Waals surface area contributed by atoms with E-state index < -0.39 is 26.8 Å². The lowest BCUT2D eigenvalue weighted by Gasteiger charge is -2.27. The number of rotatable bonds is 5. The zero-order chi connectivity index (χ0) is 14.9.